The highest BCUT2D eigenvalue weighted by Gasteiger charge is 2.25. The van der Waals surface area contributed by atoms with Crippen LogP contribution >= 0.6 is 0 Å². The zero-order valence-electron chi connectivity index (χ0n) is 12.5. The minimum atomic E-state index is 0.540. The monoisotopic (exact) mass is 279 g/mol. The molecule has 0 bridgehead atoms. The van der Waals surface area contributed by atoms with Crippen LogP contribution in [0.4, 0.5) is 0 Å². The van der Waals surface area contributed by atoms with E-state index in [0.29, 0.717) is 36.8 Å². The Morgan fingerprint density at radius 1 is 1.15 bits per heavy atom. The first-order valence-corrected chi connectivity index (χ1v) is 7.53. The van der Waals surface area contributed by atoms with E-state index in [2.05, 4.69) is 9.97 Å². The molecule has 1 heterocycles. The van der Waals surface area contributed by atoms with E-state index in [1.54, 1.807) is 0 Å². The number of nitrogens with two attached hydrogens (primary N) is 1. The van der Waals surface area contributed by atoms with Crippen molar-refractivity contribution in [3.8, 4) is 11.8 Å². The second-order valence-electron chi connectivity index (χ2n) is 5.39. The number of ether oxygens (including phenoxy) is 2. The summed E-state index contributed by atoms with van der Waals surface area (Å²) in [7, 11) is 0. The van der Waals surface area contributed by atoms with Crippen molar-refractivity contribution in [2.45, 2.75) is 39.5 Å². The molecule has 1 fully saturated rings. The van der Waals surface area contributed by atoms with Gasteiger partial charge in [-0.3, -0.25) is 0 Å². The topological polar surface area (TPSA) is 70.3 Å². The van der Waals surface area contributed by atoms with Crippen LogP contribution in [0.15, 0.2) is 6.33 Å². The first-order chi connectivity index (χ1) is 9.76. The number of rotatable bonds is 6. The van der Waals surface area contributed by atoms with Gasteiger partial charge in [-0.05, 0) is 45.1 Å². The summed E-state index contributed by atoms with van der Waals surface area (Å²) in [6.07, 6.45) is 6.48. The molecule has 112 valence electrons. The Hall–Kier alpha value is -1.36. The molecule has 0 amide bonds. The molecule has 2 rings (SSSR count). The highest BCUT2D eigenvalue weighted by molar-refractivity contribution is 5.32. The smallest absolute Gasteiger partial charge is 0.223 e. The minimum absolute atomic E-state index is 0.540. The fourth-order valence-corrected chi connectivity index (χ4v) is 2.85. The maximum Gasteiger partial charge on any atom is 0.223 e. The predicted molar refractivity (Wildman–Crippen MR) is 77.9 cm³/mol. The zero-order chi connectivity index (χ0) is 14.4. The largest absolute Gasteiger partial charge is 0.478 e. The van der Waals surface area contributed by atoms with Crippen LogP contribution in [0.2, 0.25) is 0 Å². The molecular formula is C15H25N3O2. The van der Waals surface area contributed by atoms with Crippen LogP contribution < -0.4 is 15.2 Å². The molecule has 2 unspecified atom stereocenters. The van der Waals surface area contributed by atoms with Crippen molar-refractivity contribution < 1.29 is 9.47 Å². The molecule has 20 heavy (non-hydrogen) atoms. The van der Waals surface area contributed by atoms with E-state index >= 15 is 0 Å². The fraction of sp³-hybridized carbons (Fsp3) is 0.733. The summed E-state index contributed by atoms with van der Waals surface area (Å²) < 4.78 is 11.4. The Kier molecular flexibility index (Phi) is 5.59. The standard InChI is InChI=1S/C15H25N3O2/c1-3-19-14-11(2)15(18-10-17-14)20-9-13-7-5-4-6-12(13)8-16/h10,12-13H,3-9,16H2,1-2H3. The highest BCUT2D eigenvalue weighted by atomic mass is 16.5. The molecular weight excluding hydrogens is 254 g/mol. The van der Waals surface area contributed by atoms with Crippen LogP contribution in [-0.4, -0.2) is 29.7 Å². The average molecular weight is 279 g/mol. The molecule has 5 heteroatoms. The number of nitrogens with zero attached hydrogens (tertiary/aromatic N) is 2. The van der Waals surface area contributed by atoms with Crippen molar-refractivity contribution in [3.05, 3.63) is 11.9 Å². The molecule has 0 aromatic carbocycles. The molecule has 1 saturated carbocycles. The van der Waals surface area contributed by atoms with Crippen molar-refractivity contribution >= 4 is 0 Å². The van der Waals surface area contributed by atoms with Crippen molar-refractivity contribution in [1.29, 1.82) is 0 Å². The third-order valence-corrected chi connectivity index (χ3v) is 4.08. The van der Waals surface area contributed by atoms with Gasteiger partial charge >= 0.3 is 0 Å². The molecule has 2 N–H and O–H groups in total. The van der Waals surface area contributed by atoms with Crippen molar-refractivity contribution in [2.75, 3.05) is 19.8 Å². The summed E-state index contributed by atoms with van der Waals surface area (Å²) in [5.74, 6) is 2.36. The van der Waals surface area contributed by atoms with Gasteiger partial charge in [0.15, 0.2) is 0 Å². The summed E-state index contributed by atoms with van der Waals surface area (Å²) in [5, 5.41) is 0. The molecule has 1 aromatic rings. The Morgan fingerprint density at radius 3 is 2.45 bits per heavy atom. The number of aromatic nitrogens is 2. The Balaban J connectivity index is 1.97. The van der Waals surface area contributed by atoms with Gasteiger partial charge in [0.2, 0.25) is 11.8 Å². The van der Waals surface area contributed by atoms with E-state index in [1.807, 2.05) is 13.8 Å². The summed E-state index contributed by atoms with van der Waals surface area (Å²) in [6, 6.07) is 0. The highest BCUT2D eigenvalue weighted by Crippen LogP contribution is 2.30. The normalized spacial score (nSPS) is 22.6. The van der Waals surface area contributed by atoms with Gasteiger partial charge < -0.3 is 15.2 Å². The third-order valence-electron chi connectivity index (χ3n) is 4.08. The molecule has 0 radical (unpaired) electrons. The van der Waals surface area contributed by atoms with E-state index in [9.17, 15) is 0 Å². The van der Waals surface area contributed by atoms with Crippen LogP contribution in [-0.2, 0) is 0 Å². The lowest BCUT2D eigenvalue weighted by atomic mass is 9.80. The second-order valence-corrected chi connectivity index (χ2v) is 5.39. The van der Waals surface area contributed by atoms with Crippen molar-refractivity contribution in [1.82, 2.24) is 9.97 Å². The lowest BCUT2D eigenvalue weighted by Gasteiger charge is -2.30. The van der Waals surface area contributed by atoms with Gasteiger partial charge in [-0.15, -0.1) is 0 Å². The van der Waals surface area contributed by atoms with Gasteiger partial charge in [-0.2, -0.15) is 0 Å². The quantitative estimate of drug-likeness (QED) is 0.865. The lowest BCUT2D eigenvalue weighted by Crippen LogP contribution is -2.31. The van der Waals surface area contributed by atoms with Gasteiger partial charge in [0.25, 0.3) is 0 Å². The summed E-state index contributed by atoms with van der Waals surface area (Å²) >= 11 is 0. The summed E-state index contributed by atoms with van der Waals surface area (Å²) in [4.78, 5) is 8.33. The van der Waals surface area contributed by atoms with E-state index in [-0.39, 0.29) is 0 Å². The molecule has 0 spiro atoms. The van der Waals surface area contributed by atoms with E-state index in [1.165, 1.54) is 32.0 Å². The van der Waals surface area contributed by atoms with Crippen LogP contribution in [0, 0.1) is 18.8 Å². The van der Waals surface area contributed by atoms with Gasteiger partial charge in [-0.1, -0.05) is 12.8 Å². The zero-order valence-corrected chi connectivity index (χ0v) is 12.5. The third kappa shape index (κ3) is 3.60. The molecule has 2 atom stereocenters. The average Bonchev–Trinajstić information content (AvgIpc) is 2.48. The predicted octanol–water partition coefficient (Wildman–Crippen LogP) is 2.33. The molecule has 1 aromatic heterocycles. The summed E-state index contributed by atoms with van der Waals surface area (Å²) in [5.41, 5.74) is 6.72. The summed E-state index contributed by atoms with van der Waals surface area (Å²) in [6.45, 7) is 5.90. The van der Waals surface area contributed by atoms with Crippen LogP contribution in [0.25, 0.3) is 0 Å². The fourth-order valence-electron chi connectivity index (χ4n) is 2.85. The van der Waals surface area contributed by atoms with Gasteiger partial charge in [0.1, 0.15) is 6.33 Å². The van der Waals surface area contributed by atoms with Gasteiger partial charge in [0, 0.05) is 0 Å². The van der Waals surface area contributed by atoms with Gasteiger partial charge in [0.05, 0.1) is 18.8 Å². The van der Waals surface area contributed by atoms with Crippen molar-refractivity contribution in [2.24, 2.45) is 17.6 Å². The maximum atomic E-state index is 5.91. The van der Waals surface area contributed by atoms with Crippen LogP contribution in [0.1, 0.15) is 38.2 Å². The Morgan fingerprint density at radius 2 is 1.80 bits per heavy atom. The Bertz CT molecular complexity index is 426. The molecule has 0 saturated heterocycles. The van der Waals surface area contributed by atoms with Crippen molar-refractivity contribution in [3.63, 3.8) is 0 Å². The molecule has 1 aliphatic carbocycles. The van der Waals surface area contributed by atoms with Gasteiger partial charge in [-0.25, -0.2) is 9.97 Å². The Labute approximate surface area is 120 Å². The SMILES string of the molecule is CCOc1ncnc(OCC2CCCCC2CN)c1C. The maximum absolute atomic E-state index is 5.91. The number of hydrogen-bond acceptors (Lipinski definition) is 5. The number of hydrogen-bond donors (Lipinski definition) is 1. The second kappa shape index (κ2) is 7.43. The van der Waals surface area contributed by atoms with E-state index in [0.717, 1.165) is 12.1 Å². The molecule has 0 aliphatic heterocycles. The van der Waals surface area contributed by atoms with Crippen LogP contribution in [0.5, 0.6) is 11.8 Å². The molecule has 1 aliphatic rings. The first-order valence-electron chi connectivity index (χ1n) is 7.53. The first kappa shape index (κ1) is 15.0. The van der Waals surface area contributed by atoms with E-state index < -0.39 is 0 Å². The minimum Gasteiger partial charge on any atom is -0.478 e. The lowest BCUT2D eigenvalue weighted by molar-refractivity contribution is 0.148. The van der Waals surface area contributed by atoms with E-state index in [4.69, 9.17) is 15.2 Å². The van der Waals surface area contributed by atoms with Crippen LogP contribution in [0.3, 0.4) is 0 Å². The molecule has 5 nitrogen and oxygen atoms in total.